The molecule has 116 valence electrons. The van der Waals surface area contributed by atoms with Crippen molar-refractivity contribution in [3.8, 4) is 11.3 Å². The van der Waals surface area contributed by atoms with E-state index in [2.05, 4.69) is 33.8 Å². The van der Waals surface area contributed by atoms with Gasteiger partial charge in [-0.1, -0.05) is 37.1 Å². The molecule has 3 N–H and O–H groups in total. The van der Waals surface area contributed by atoms with Crippen LogP contribution in [0, 0.1) is 5.92 Å². The number of hydrogen-bond acceptors (Lipinski definition) is 3. The fraction of sp³-hybridized carbons (Fsp3) is 0.500. The van der Waals surface area contributed by atoms with Crippen molar-refractivity contribution in [3.05, 3.63) is 42.4 Å². The van der Waals surface area contributed by atoms with Crippen molar-refractivity contribution in [2.75, 3.05) is 0 Å². The van der Waals surface area contributed by atoms with E-state index in [0.717, 1.165) is 25.0 Å². The maximum Gasteiger partial charge on any atom is 0.0956 e. The topological polar surface area (TPSA) is 64.1 Å². The van der Waals surface area contributed by atoms with Crippen molar-refractivity contribution >= 4 is 0 Å². The Labute approximate surface area is 131 Å². The molecule has 1 aliphatic heterocycles. The average Bonchev–Trinajstić information content (AvgIpc) is 3.11. The summed E-state index contributed by atoms with van der Waals surface area (Å²) in [4.78, 5) is 4.28. The minimum absolute atomic E-state index is 0.141. The highest BCUT2D eigenvalue weighted by Crippen LogP contribution is 2.42. The second kappa shape index (κ2) is 5.52. The number of aliphatic hydroxyl groups is 1. The minimum Gasteiger partial charge on any atom is -0.393 e. The average molecular weight is 297 g/mol. The first-order valence-electron chi connectivity index (χ1n) is 8.30. The van der Waals surface area contributed by atoms with Crippen LogP contribution in [0.4, 0.5) is 0 Å². The van der Waals surface area contributed by atoms with Crippen molar-refractivity contribution in [2.24, 2.45) is 11.7 Å². The Morgan fingerprint density at radius 3 is 2.95 bits per heavy atom. The Bertz CT molecular complexity index is 666. The van der Waals surface area contributed by atoms with E-state index < -0.39 is 0 Å². The lowest BCUT2D eigenvalue weighted by atomic mass is 9.79. The number of aliphatic hydroxyl groups excluding tert-OH is 1. The first-order valence-corrected chi connectivity index (χ1v) is 8.30. The van der Waals surface area contributed by atoms with Crippen LogP contribution in [0.2, 0.25) is 0 Å². The van der Waals surface area contributed by atoms with Gasteiger partial charge in [0.25, 0.3) is 0 Å². The lowest BCUT2D eigenvalue weighted by Gasteiger charge is -2.33. The van der Waals surface area contributed by atoms with Gasteiger partial charge in [0.1, 0.15) is 0 Å². The maximum absolute atomic E-state index is 10.8. The lowest BCUT2D eigenvalue weighted by molar-refractivity contribution is 0.0576. The summed E-state index contributed by atoms with van der Waals surface area (Å²) < 4.78 is 2.20. The number of fused-ring (bicyclic) bond motifs is 3. The molecule has 1 aromatic carbocycles. The molecule has 0 saturated heterocycles. The summed E-state index contributed by atoms with van der Waals surface area (Å²) in [7, 11) is 0. The van der Waals surface area contributed by atoms with E-state index in [1.54, 1.807) is 0 Å². The van der Waals surface area contributed by atoms with Crippen LogP contribution < -0.4 is 5.73 Å². The van der Waals surface area contributed by atoms with Gasteiger partial charge in [0.15, 0.2) is 0 Å². The van der Waals surface area contributed by atoms with Crippen molar-refractivity contribution in [1.29, 1.82) is 0 Å². The smallest absolute Gasteiger partial charge is 0.0956 e. The van der Waals surface area contributed by atoms with Crippen LogP contribution in [0.15, 0.2) is 36.8 Å². The SMILES string of the molecule is NC1CCCCC1C(O)CC1c2ccccc2-c2cncn21. The van der Waals surface area contributed by atoms with Crippen molar-refractivity contribution in [3.63, 3.8) is 0 Å². The molecule has 0 radical (unpaired) electrons. The van der Waals surface area contributed by atoms with Crippen LogP contribution in [0.1, 0.15) is 43.7 Å². The molecule has 1 aromatic heterocycles. The first kappa shape index (κ1) is 14.0. The predicted molar refractivity (Wildman–Crippen MR) is 86.4 cm³/mol. The molecule has 1 aliphatic carbocycles. The van der Waals surface area contributed by atoms with Gasteiger partial charge in [0, 0.05) is 17.5 Å². The molecule has 0 amide bonds. The molecule has 2 heterocycles. The summed E-state index contributed by atoms with van der Waals surface area (Å²) in [6.07, 6.45) is 8.65. The second-order valence-electron chi connectivity index (χ2n) is 6.70. The normalized spacial score (nSPS) is 28.2. The number of imidazole rings is 1. The van der Waals surface area contributed by atoms with Crippen LogP contribution in [0.3, 0.4) is 0 Å². The molecule has 4 unspecified atom stereocenters. The van der Waals surface area contributed by atoms with E-state index in [1.807, 2.05) is 12.5 Å². The summed E-state index contributed by atoms with van der Waals surface area (Å²) in [5, 5.41) is 10.8. The van der Waals surface area contributed by atoms with Gasteiger partial charge in [-0.15, -0.1) is 0 Å². The second-order valence-corrected chi connectivity index (χ2v) is 6.70. The van der Waals surface area contributed by atoms with Gasteiger partial charge in [-0.3, -0.25) is 0 Å². The third-order valence-electron chi connectivity index (χ3n) is 5.43. The molecule has 1 saturated carbocycles. The molecular weight excluding hydrogens is 274 g/mol. The molecule has 0 spiro atoms. The van der Waals surface area contributed by atoms with Crippen molar-refractivity contribution in [1.82, 2.24) is 9.55 Å². The summed E-state index contributed by atoms with van der Waals surface area (Å²) >= 11 is 0. The van der Waals surface area contributed by atoms with Gasteiger partial charge in [-0.2, -0.15) is 0 Å². The zero-order chi connectivity index (χ0) is 15.1. The van der Waals surface area contributed by atoms with E-state index in [0.29, 0.717) is 0 Å². The van der Waals surface area contributed by atoms with Crippen LogP contribution in [0.25, 0.3) is 11.3 Å². The molecule has 1 fully saturated rings. The Morgan fingerprint density at radius 1 is 1.27 bits per heavy atom. The maximum atomic E-state index is 10.8. The zero-order valence-corrected chi connectivity index (χ0v) is 12.7. The molecule has 2 aliphatic rings. The van der Waals surface area contributed by atoms with Crippen LogP contribution in [0.5, 0.6) is 0 Å². The van der Waals surface area contributed by atoms with Gasteiger partial charge in [0.05, 0.1) is 30.4 Å². The lowest BCUT2D eigenvalue weighted by Crippen LogP contribution is -2.41. The minimum atomic E-state index is -0.346. The standard InChI is InChI=1S/C18H23N3O/c19-15-8-4-3-7-14(15)18(22)9-16-12-5-1-2-6-13(12)17-10-20-11-21(16)17/h1-2,5-6,10-11,14-16,18,22H,3-4,7-9,19H2. The molecule has 0 bridgehead atoms. The van der Waals surface area contributed by atoms with Crippen LogP contribution in [-0.2, 0) is 0 Å². The van der Waals surface area contributed by atoms with Gasteiger partial charge >= 0.3 is 0 Å². The fourth-order valence-corrected chi connectivity index (χ4v) is 4.24. The van der Waals surface area contributed by atoms with Crippen LogP contribution in [-0.4, -0.2) is 26.8 Å². The monoisotopic (exact) mass is 297 g/mol. The van der Waals surface area contributed by atoms with Crippen LogP contribution >= 0.6 is 0 Å². The van der Waals surface area contributed by atoms with Gasteiger partial charge in [0.2, 0.25) is 0 Å². The van der Waals surface area contributed by atoms with Gasteiger partial charge < -0.3 is 15.4 Å². The van der Waals surface area contributed by atoms with E-state index in [4.69, 9.17) is 5.73 Å². The fourth-order valence-electron chi connectivity index (χ4n) is 4.24. The van der Waals surface area contributed by atoms with Crippen molar-refractivity contribution in [2.45, 2.75) is 50.3 Å². The summed E-state index contributed by atoms with van der Waals surface area (Å²) in [5.74, 6) is 0.230. The highest BCUT2D eigenvalue weighted by Gasteiger charge is 2.34. The van der Waals surface area contributed by atoms with Crippen molar-refractivity contribution < 1.29 is 5.11 Å². The first-order chi connectivity index (χ1) is 10.8. The quantitative estimate of drug-likeness (QED) is 0.915. The van der Waals surface area contributed by atoms with E-state index in [1.165, 1.54) is 24.0 Å². The predicted octanol–water partition coefficient (Wildman–Crippen LogP) is 2.72. The third kappa shape index (κ3) is 2.18. The Balaban J connectivity index is 1.60. The number of benzene rings is 1. The Hall–Kier alpha value is -1.65. The molecule has 4 heteroatoms. The van der Waals surface area contributed by atoms with Gasteiger partial charge in [-0.05, 0) is 24.8 Å². The number of hydrogen-bond donors (Lipinski definition) is 2. The largest absolute Gasteiger partial charge is 0.393 e. The Kier molecular flexibility index (Phi) is 3.51. The molecule has 4 atom stereocenters. The summed E-state index contributed by atoms with van der Waals surface area (Å²) in [6, 6.07) is 8.76. The number of nitrogens with zero attached hydrogens (tertiary/aromatic N) is 2. The highest BCUT2D eigenvalue weighted by molar-refractivity contribution is 5.68. The number of aromatic nitrogens is 2. The molecule has 4 rings (SSSR count). The number of nitrogens with two attached hydrogens (primary N) is 1. The summed E-state index contributed by atoms with van der Waals surface area (Å²) in [6.45, 7) is 0. The van der Waals surface area contributed by atoms with E-state index >= 15 is 0 Å². The highest BCUT2D eigenvalue weighted by atomic mass is 16.3. The van der Waals surface area contributed by atoms with E-state index in [-0.39, 0.29) is 24.1 Å². The molecule has 4 nitrogen and oxygen atoms in total. The molecule has 22 heavy (non-hydrogen) atoms. The number of rotatable bonds is 3. The summed E-state index contributed by atoms with van der Waals surface area (Å²) in [5.41, 5.74) is 9.93. The third-order valence-corrected chi connectivity index (χ3v) is 5.43. The molecular formula is C18H23N3O. The Morgan fingerprint density at radius 2 is 2.09 bits per heavy atom. The van der Waals surface area contributed by atoms with Gasteiger partial charge in [-0.25, -0.2) is 4.98 Å². The molecule has 2 aromatic rings. The zero-order valence-electron chi connectivity index (χ0n) is 12.7. The van der Waals surface area contributed by atoms with E-state index in [9.17, 15) is 5.11 Å².